The van der Waals surface area contributed by atoms with Crippen LogP contribution in [0.5, 0.6) is 5.75 Å². The number of carbonyl (C=O) groups excluding carboxylic acids is 1. The third kappa shape index (κ3) is 5.23. The summed E-state index contributed by atoms with van der Waals surface area (Å²) in [7, 11) is -2.07. The molecule has 1 amide bonds. The van der Waals surface area contributed by atoms with Gasteiger partial charge < -0.3 is 10.1 Å². The fraction of sp³-hybridized carbons (Fsp3) is 0.320. The highest BCUT2D eigenvalue weighted by Crippen LogP contribution is 2.40. The Hall–Kier alpha value is -2.84. The van der Waals surface area contributed by atoms with Gasteiger partial charge in [0.25, 0.3) is 15.9 Å². The van der Waals surface area contributed by atoms with Crippen LogP contribution in [-0.4, -0.2) is 34.5 Å². The number of nitrogens with one attached hydrogen (secondary N) is 1. The van der Waals surface area contributed by atoms with E-state index in [1.807, 2.05) is 18.2 Å². The fourth-order valence-electron chi connectivity index (χ4n) is 4.31. The molecule has 2 aromatic carbocycles. The molecule has 1 heterocycles. The van der Waals surface area contributed by atoms with Crippen LogP contribution in [0.1, 0.15) is 31.2 Å². The number of thiophene rings is 1. The van der Waals surface area contributed by atoms with Crippen molar-refractivity contribution >= 4 is 33.0 Å². The molecule has 0 bridgehead atoms. The Morgan fingerprint density at radius 1 is 1.03 bits per heavy atom. The first-order valence-electron chi connectivity index (χ1n) is 11.0. The van der Waals surface area contributed by atoms with E-state index in [-0.39, 0.29) is 22.1 Å². The second-order valence-corrected chi connectivity index (χ2v) is 11.5. The van der Waals surface area contributed by atoms with Gasteiger partial charge >= 0.3 is 0 Å². The number of hydrogen-bond donors (Lipinski definition) is 1. The lowest BCUT2D eigenvalue weighted by molar-refractivity contribution is -0.123. The van der Waals surface area contributed by atoms with Crippen molar-refractivity contribution in [3.8, 4) is 5.75 Å². The van der Waals surface area contributed by atoms with Crippen molar-refractivity contribution < 1.29 is 17.9 Å². The minimum absolute atomic E-state index is 0.00277. The Kier molecular flexibility index (Phi) is 7.05. The van der Waals surface area contributed by atoms with Gasteiger partial charge in [0.05, 0.1) is 5.69 Å². The van der Waals surface area contributed by atoms with Crippen molar-refractivity contribution in [2.75, 3.05) is 24.5 Å². The lowest BCUT2D eigenvalue weighted by Gasteiger charge is -2.30. The van der Waals surface area contributed by atoms with Gasteiger partial charge in [0.2, 0.25) is 0 Å². The molecule has 4 rings (SSSR count). The molecule has 8 heteroatoms. The van der Waals surface area contributed by atoms with E-state index in [0.717, 1.165) is 12.8 Å². The monoisotopic (exact) mass is 484 g/mol. The first-order chi connectivity index (χ1) is 15.9. The maximum absolute atomic E-state index is 12.7. The molecule has 174 valence electrons. The first kappa shape index (κ1) is 23.3. The van der Waals surface area contributed by atoms with Crippen LogP contribution in [0.25, 0.3) is 0 Å². The molecule has 0 saturated heterocycles. The summed E-state index contributed by atoms with van der Waals surface area (Å²) >= 11 is 1.18. The topological polar surface area (TPSA) is 75.7 Å². The number of carbonyl (C=O) groups is 1. The molecule has 3 aromatic rings. The van der Waals surface area contributed by atoms with E-state index in [2.05, 4.69) is 17.4 Å². The highest BCUT2D eigenvalue weighted by atomic mass is 32.2. The smallest absolute Gasteiger partial charge is 0.273 e. The molecule has 0 radical (unpaired) electrons. The maximum Gasteiger partial charge on any atom is 0.273 e. The summed E-state index contributed by atoms with van der Waals surface area (Å²) in [6, 6.07) is 20.4. The summed E-state index contributed by atoms with van der Waals surface area (Å²) in [5.74, 6) is 0.341. The second kappa shape index (κ2) is 9.97. The minimum Gasteiger partial charge on any atom is -0.484 e. The molecule has 1 saturated carbocycles. The SMILES string of the molecule is CN(c1ccc(OCC(=O)NCC2(c3ccccc3)CCCC2)cc1)S(=O)(=O)c1cccs1. The summed E-state index contributed by atoms with van der Waals surface area (Å²) in [5.41, 5.74) is 1.80. The van der Waals surface area contributed by atoms with Crippen molar-refractivity contribution in [2.24, 2.45) is 0 Å². The number of rotatable bonds is 9. The summed E-state index contributed by atoms with van der Waals surface area (Å²) < 4.78 is 32.5. The molecule has 1 fully saturated rings. The Labute approximate surface area is 199 Å². The summed E-state index contributed by atoms with van der Waals surface area (Å²) in [4.78, 5) is 12.5. The zero-order chi connectivity index (χ0) is 23.3. The molecular weight excluding hydrogens is 456 g/mol. The van der Waals surface area contributed by atoms with Gasteiger partial charge in [0.15, 0.2) is 6.61 Å². The highest BCUT2D eigenvalue weighted by Gasteiger charge is 2.35. The molecule has 1 aromatic heterocycles. The van der Waals surface area contributed by atoms with E-state index in [0.29, 0.717) is 18.0 Å². The normalized spacial score (nSPS) is 15.2. The lowest BCUT2D eigenvalue weighted by atomic mass is 9.79. The molecule has 0 aliphatic heterocycles. The van der Waals surface area contributed by atoms with Crippen LogP contribution < -0.4 is 14.4 Å². The quantitative estimate of drug-likeness (QED) is 0.482. The van der Waals surface area contributed by atoms with Gasteiger partial charge in [-0.05, 0) is 54.1 Å². The van der Waals surface area contributed by atoms with Gasteiger partial charge in [-0.15, -0.1) is 11.3 Å². The molecule has 0 atom stereocenters. The van der Waals surface area contributed by atoms with Crippen molar-refractivity contribution in [3.63, 3.8) is 0 Å². The van der Waals surface area contributed by atoms with E-state index < -0.39 is 10.0 Å². The summed E-state index contributed by atoms with van der Waals surface area (Å²) in [5, 5.41) is 4.78. The Balaban J connectivity index is 1.32. The van der Waals surface area contributed by atoms with Crippen molar-refractivity contribution in [3.05, 3.63) is 77.7 Å². The van der Waals surface area contributed by atoms with Gasteiger partial charge in [0.1, 0.15) is 9.96 Å². The molecular formula is C25H28N2O4S2. The molecule has 1 aliphatic carbocycles. The third-order valence-electron chi connectivity index (χ3n) is 6.25. The number of nitrogens with zero attached hydrogens (tertiary/aromatic N) is 1. The molecule has 1 N–H and O–H groups in total. The molecule has 1 aliphatic rings. The highest BCUT2D eigenvalue weighted by molar-refractivity contribution is 7.94. The number of benzene rings is 2. The average molecular weight is 485 g/mol. The van der Waals surface area contributed by atoms with Crippen LogP contribution >= 0.6 is 11.3 Å². The van der Waals surface area contributed by atoms with E-state index in [1.54, 1.807) is 41.8 Å². The molecule has 0 unspecified atom stereocenters. The van der Waals surface area contributed by atoms with Gasteiger partial charge in [-0.3, -0.25) is 9.10 Å². The van der Waals surface area contributed by atoms with Crippen LogP contribution in [0, 0.1) is 0 Å². The fourth-order valence-corrected chi connectivity index (χ4v) is 6.67. The Bertz CT molecular complexity index is 1150. The van der Waals surface area contributed by atoms with E-state index in [4.69, 9.17) is 4.74 Å². The van der Waals surface area contributed by atoms with Crippen molar-refractivity contribution in [1.29, 1.82) is 0 Å². The van der Waals surface area contributed by atoms with E-state index >= 15 is 0 Å². The van der Waals surface area contributed by atoms with E-state index in [9.17, 15) is 13.2 Å². The molecule has 33 heavy (non-hydrogen) atoms. The molecule has 0 spiro atoms. The standard InChI is InChI=1S/C25H28N2O4S2/c1-27(33(29,30)24-10-7-17-32-24)21-11-13-22(14-12-21)31-18-23(28)26-19-25(15-5-6-16-25)20-8-3-2-4-9-20/h2-4,7-14,17H,5-6,15-16,18-19H2,1H3,(H,26,28). The Morgan fingerprint density at radius 2 is 1.73 bits per heavy atom. The van der Waals surface area contributed by atoms with Crippen LogP contribution in [0.2, 0.25) is 0 Å². The van der Waals surface area contributed by atoms with Crippen LogP contribution in [-0.2, 0) is 20.2 Å². The third-order valence-corrected chi connectivity index (χ3v) is 9.41. The van der Waals surface area contributed by atoms with Gasteiger partial charge in [-0.1, -0.05) is 49.2 Å². The van der Waals surface area contributed by atoms with Gasteiger partial charge in [0, 0.05) is 19.0 Å². The predicted molar refractivity (Wildman–Crippen MR) is 131 cm³/mol. The van der Waals surface area contributed by atoms with Crippen LogP contribution in [0.3, 0.4) is 0 Å². The zero-order valence-electron chi connectivity index (χ0n) is 18.6. The first-order valence-corrected chi connectivity index (χ1v) is 13.3. The van der Waals surface area contributed by atoms with Gasteiger partial charge in [-0.2, -0.15) is 0 Å². The van der Waals surface area contributed by atoms with Crippen LogP contribution in [0.15, 0.2) is 76.3 Å². The average Bonchev–Trinajstić information content (AvgIpc) is 3.55. The van der Waals surface area contributed by atoms with Crippen molar-refractivity contribution in [2.45, 2.75) is 35.3 Å². The van der Waals surface area contributed by atoms with Crippen LogP contribution in [0.4, 0.5) is 5.69 Å². The number of hydrogen-bond acceptors (Lipinski definition) is 5. The lowest BCUT2D eigenvalue weighted by Crippen LogP contribution is -2.40. The molecule has 6 nitrogen and oxygen atoms in total. The maximum atomic E-state index is 12.7. The summed E-state index contributed by atoms with van der Waals surface area (Å²) in [6.07, 6.45) is 4.48. The minimum atomic E-state index is -3.58. The van der Waals surface area contributed by atoms with Crippen molar-refractivity contribution in [1.82, 2.24) is 5.32 Å². The number of amides is 1. The number of anilines is 1. The van der Waals surface area contributed by atoms with Gasteiger partial charge in [-0.25, -0.2) is 8.42 Å². The predicted octanol–water partition coefficient (Wildman–Crippen LogP) is 4.58. The number of sulfonamides is 1. The summed E-state index contributed by atoms with van der Waals surface area (Å²) in [6.45, 7) is 0.511. The number of ether oxygens (including phenoxy) is 1. The Morgan fingerprint density at radius 3 is 2.36 bits per heavy atom. The zero-order valence-corrected chi connectivity index (χ0v) is 20.2. The van der Waals surface area contributed by atoms with E-state index in [1.165, 1.54) is 41.1 Å². The largest absolute Gasteiger partial charge is 0.484 e. The second-order valence-electron chi connectivity index (χ2n) is 8.32.